The number of rotatable bonds is 9. The van der Waals surface area contributed by atoms with Crippen molar-refractivity contribution in [2.45, 2.75) is 26.3 Å². The summed E-state index contributed by atoms with van der Waals surface area (Å²) in [7, 11) is 0. The van der Waals surface area contributed by atoms with Crippen LogP contribution < -0.4 is 10.2 Å². The van der Waals surface area contributed by atoms with E-state index in [2.05, 4.69) is 38.7 Å². The minimum atomic E-state index is -0.00699. The molecule has 3 aromatic rings. The third kappa shape index (κ3) is 5.96. The van der Waals surface area contributed by atoms with Gasteiger partial charge in [-0.1, -0.05) is 66.5 Å². The van der Waals surface area contributed by atoms with Crippen LogP contribution in [0.25, 0.3) is 11.3 Å². The lowest BCUT2D eigenvalue weighted by Crippen LogP contribution is -2.47. The van der Waals surface area contributed by atoms with Crippen LogP contribution in [0.5, 0.6) is 0 Å². The number of carbonyl (C=O) groups excluding carboxylic acids is 1. The molecule has 2 aromatic carbocycles. The maximum Gasteiger partial charge on any atom is 0.252 e. The Hall–Kier alpha value is -2.47. The Balaban J connectivity index is 1.24. The molecule has 4 rings (SSSR count). The van der Waals surface area contributed by atoms with Crippen LogP contribution in [0.3, 0.4) is 0 Å². The fourth-order valence-electron chi connectivity index (χ4n) is 4.47. The molecule has 0 radical (unpaired) electrons. The maximum absolute atomic E-state index is 12.8. The summed E-state index contributed by atoms with van der Waals surface area (Å²) < 4.78 is 2.18. The van der Waals surface area contributed by atoms with Crippen molar-refractivity contribution < 1.29 is 4.79 Å². The maximum atomic E-state index is 12.8. The smallest absolute Gasteiger partial charge is 0.252 e. The minimum Gasteiger partial charge on any atom is -0.368 e. The van der Waals surface area contributed by atoms with Gasteiger partial charge in [-0.05, 0) is 43.1 Å². The lowest BCUT2D eigenvalue weighted by Gasteiger charge is -2.36. The summed E-state index contributed by atoms with van der Waals surface area (Å²) in [5, 5.41) is 4.32. The first-order valence-corrected chi connectivity index (χ1v) is 12.8. The number of nitrogens with one attached hydrogen (secondary N) is 1. The van der Waals surface area contributed by atoms with Gasteiger partial charge in [0, 0.05) is 51.2 Å². The number of aryl methyl sites for hydroxylation is 1. The highest BCUT2D eigenvalue weighted by atomic mass is 35.5. The number of aromatic nitrogens is 1. The van der Waals surface area contributed by atoms with Gasteiger partial charge >= 0.3 is 0 Å². The van der Waals surface area contributed by atoms with Crippen LogP contribution in [0.1, 0.15) is 30.1 Å². The van der Waals surface area contributed by atoms with Crippen molar-refractivity contribution in [3.63, 3.8) is 0 Å². The van der Waals surface area contributed by atoms with Crippen LogP contribution in [0, 0.1) is 0 Å². The van der Waals surface area contributed by atoms with Gasteiger partial charge in [0.2, 0.25) is 0 Å². The molecule has 0 bridgehead atoms. The topological polar surface area (TPSA) is 40.5 Å². The summed E-state index contributed by atoms with van der Waals surface area (Å²) in [6.45, 7) is 8.44. The van der Waals surface area contributed by atoms with Gasteiger partial charge in [-0.25, -0.2) is 0 Å². The summed E-state index contributed by atoms with van der Waals surface area (Å²) in [4.78, 5) is 17.5. The number of anilines is 1. The monoisotopic (exact) mass is 498 g/mol. The Labute approximate surface area is 212 Å². The average molecular weight is 499 g/mol. The molecule has 1 fully saturated rings. The van der Waals surface area contributed by atoms with Crippen LogP contribution in [0.15, 0.2) is 60.8 Å². The zero-order chi connectivity index (χ0) is 23.9. The van der Waals surface area contributed by atoms with E-state index >= 15 is 0 Å². The first-order chi connectivity index (χ1) is 16.6. The fraction of sp³-hybridized carbons (Fsp3) is 0.370. The summed E-state index contributed by atoms with van der Waals surface area (Å²) in [5.74, 6) is -0.00699. The van der Waals surface area contributed by atoms with Crippen molar-refractivity contribution in [3.05, 3.63) is 76.4 Å². The molecule has 0 atom stereocenters. The number of hydrogen-bond donors (Lipinski definition) is 1. The predicted octanol–water partition coefficient (Wildman–Crippen LogP) is 5.81. The van der Waals surface area contributed by atoms with Crippen LogP contribution >= 0.6 is 23.2 Å². The van der Waals surface area contributed by atoms with Crippen molar-refractivity contribution in [2.24, 2.45) is 0 Å². The number of halogens is 2. The number of piperazine rings is 1. The van der Waals surface area contributed by atoms with Gasteiger partial charge in [0.15, 0.2) is 0 Å². The molecule has 1 aromatic heterocycles. The number of amides is 1. The van der Waals surface area contributed by atoms with Gasteiger partial charge in [0.1, 0.15) is 0 Å². The van der Waals surface area contributed by atoms with Crippen molar-refractivity contribution in [1.29, 1.82) is 0 Å². The van der Waals surface area contributed by atoms with Gasteiger partial charge in [-0.15, -0.1) is 0 Å². The van der Waals surface area contributed by atoms with Crippen LogP contribution in [0.2, 0.25) is 10.0 Å². The summed E-state index contributed by atoms with van der Waals surface area (Å²) in [6.07, 6.45) is 3.92. The zero-order valence-corrected chi connectivity index (χ0v) is 21.2. The first kappa shape index (κ1) is 24.6. The van der Waals surface area contributed by atoms with E-state index in [1.807, 2.05) is 48.7 Å². The molecule has 1 aliphatic rings. The lowest BCUT2D eigenvalue weighted by molar-refractivity contribution is 0.0951. The zero-order valence-electron chi connectivity index (χ0n) is 19.6. The molecule has 0 aliphatic carbocycles. The Morgan fingerprint density at radius 1 is 0.971 bits per heavy atom. The van der Waals surface area contributed by atoms with Crippen molar-refractivity contribution in [3.8, 4) is 11.3 Å². The van der Waals surface area contributed by atoms with Crippen molar-refractivity contribution in [1.82, 2.24) is 14.8 Å². The molecule has 7 heteroatoms. The van der Waals surface area contributed by atoms with Gasteiger partial charge < -0.3 is 14.8 Å². The van der Waals surface area contributed by atoms with E-state index in [1.54, 1.807) is 0 Å². The molecule has 0 saturated carbocycles. The molecule has 180 valence electrons. The first-order valence-electron chi connectivity index (χ1n) is 12.0. The molecular formula is C27H32Cl2N4O. The molecule has 1 amide bonds. The van der Waals surface area contributed by atoms with E-state index in [0.29, 0.717) is 16.6 Å². The standard InChI is InChI=1S/C27H32Cl2N4O/c1-2-13-33-20-22(19-25(33)21-8-4-3-5-9-21)27(34)30-12-7-14-31-15-17-32(18-16-31)24-11-6-10-23(28)26(24)29/h3-6,8-11,19-20H,2,7,12-18H2,1H3,(H,30,34). The van der Waals surface area contributed by atoms with Crippen LogP contribution in [-0.2, 0) is 6.54 Å². The SMILES string of the molecule is CCCn1cc(C(=O)NCCCN2CCN(c3cccc(Cl)c3Cl)CC2)cc1-c1ccccc1. The Kier molecular flexibility index (Phi) is 8.54. The number of hydrogen-bond acceptors (Lipinski definition) is 3. The highest BCUT2D eigenvalue weighted by Gasteiger charge is 2.19. The Morgan fingerprint density at radius 2 is 1.74 bits per heavy atom. The van der Waals surface area contributed by atoms with Gasteiger partial charge in [0.25, 0.3) is 5.91 Å². The molecule has 2 heterocycles. The normalized spacial score (nSPS) is 14.4. The summed E-state index contributed by atoms with van der Waals surface area (Å²) in [5.41, 5.74) is 3.95. The summed E-state index contributed by atoms with van der Waals surface area (Å²) >= 11 is 12.5. The highest BCUT2D eigenvalue weighted by molar-refractivity contribution is 6.43. The van der Waals surface area contributed by atoms with E-state index in [1.165, 1.54) is 0 Å². The van der Waals surface area contributed by atoms with E-state index in [9.17, 15) is 4.79 Å². The second kappa shape index (κ2) is 11.8. The van der Waals surface area contributed by atoms with Gasteiger partial charge in [-0.2, -0.15) is 0 Å². The predicted molar refractivity (Wildman–Crippen MR) is 142 cm³/mol. The third-order valence-electron chi connectivity index (χ3n) is 6.27. The molecule has 1 N–H and O–H groups in total. The number of carbonyl (C=O) groups is 1. The second-order valence-corrected chi connectivity index (χ2v) is 9.47. The largest absolute Gasteiger partial charge is 0.368 e. The van der Waals surface area contributed by atoms with E-state index < -0.39 is 0 Å². The van der Waals surface area contributed by atoms with Gasteiger partial charge in [-0.3, -0.25) is 9.69 Å². The fourth-order valence-corrected chi connectivity index (χ4v) is 4.88. The number of nitrogens with zero attached hydrogens (tertiary/aromatic N) is 3. The van der Waals surface area contributed by atoms with Crippen LogP contribution in [-0.4, -0.2) is 54.6 Å². The van der Waals surface area contributed by atoms with E-state index in [4.69, 9.17) is 23.2 Å². The molecule has 0 spiro atoms. The average Bonchev–Trinajstić information content (AvgIpc) is 3.29. The van der Waals surface area contributed by atoms with Crippen molar-refractivity contribution in [2.75, 3.05) is 44.2 Å². The molecule has 1 saturated heterocycles. The Morgan fingerprint density at radius 3 is 2.47 bits per heavy atom. The quantitative estimate of drug-likeness (QED) is 0.378. The third-order valence-corrected chi connectivity index (χ3v) is 7.08. The number of benzene rings is 2. The molecule has 1 aliphatic heterocycles. The minimum absolute atomic E-state index is 0.00699. The lowest BCUT2D eigenvalue weighted by atomic mass is 10.1. The molecule has 0 unspecified atom stereocenters. The molecule has 5 nitrogen and oxygen atoms in total. The van der Waals surface area contributed by atoms with Crippen molar-refractivity contribution >= 4 is 34.8 Å². The highest BCUT2D eigenvalue weighted by Crippen LogP contribution is 2.32. The molecule has 34 heavy (non-hydrogen) atoms. The van der Waals surface area contributed by atoms with Gasteiger partial charge in [0.05, 0.1) is 21.3 Å². The second-order valence-electron chi connectivity index (χ2n) is 8.68. The van der Waals surface area contributed by atoms with E-state index in [0.717, 1.165) is 74.6 Å². The van der Waals surface area contributed by atoms with Crippen LogP contribution in [0.4, 0.5) is 5.69 Å². The summed E-state index contributed by atoms with van der Waals surface area (Å²) in [6, 6.07) is 18.0. The molecular weight excluding hydrogens is 467 g/mol. The van der Waals surface area contributed by atoms with E-state index in [-0.39, 0.29) is 5.91 Å². The Bertz CT molecular complexity index is 1090.